The predicted octanol–water partition coefficient (Wildman–Crippen LogP) is 2.36. The van der Waals surface area contributed by atoms with E-state index >= 15 is 0 Å². The van der Waals surface area contributed by atoms with Crippen molar-refractivity contribution >= 4 is 23.5 Å². The standard InChI is InChI=1S/C17H23ClN2O4/c1-19(11-16(21)22)13-4-3-8-20(9-7-13)17(23)14-10-12(18)5-6-15(14)24-2/h5-6,10,13H,3-4,7-9,11H2,1-2H3,(H,21,22). The lowest BCUT2D eigenvalue weighted by Crippen LogP contribution is -2.37. The molecule has 0 spiro atoms. The fourth-order valence-corrected chi connectivity index (χ4v) is 3.25. The number of carbonyl (C=O) groups excluding carboxylic acids is 1. The molecule has 2 rings (SSSR count). The second kappa shape index (κ2) is 8.35. The zero-order chi connectivity index (χ0) is 17.7. The number of carbonyl (C=O) groups is 2. The van der Waals surface area contributed by atoms with Gasteiger partial charge in [0.1, 0.15) is 5.75 Å². The van der Waals surface area contributed by atoms with Crippen molar-refractivity contribution in [3.05, 3.63) is 28.8 Å². The maximum Gasteiger partial charge on any atom is 0.317 e. The number of ether oxygens (including phenoxy) is 1. The molecular formula is C17H23ClN2O4. The van der Waals surface area contributed by atoms with E-state index in [0.717, 1.165) is 19.3 Å². The molecule has 132 valence electrons. The molecular weight excluding hydrogens is 332 g/mol. The third-order valence-corrected chi connectivity index (χ3v) is 4.62. The zero-order valence-electron chi connectivity index (χ0n) is 14.0. The fraction of sp³-hybridized carbons (Fsp3) is 0.529. The summed E-state index contributed by atoms with van der Waals surface area (Å²) in [7, 11) is 3.34. The van der Waals surface area contributed by atoms with E-state index in [0.29, 0.717) is 29.4 Å². The van der Waals surface area contributed by atoms with Crippen LogP contribution in [0.1, 0.15) is 29.6 Å². The van der Waals surface area contributed by atoms with E-state index in [2.05, 4.69) is 0 Å². The van der Waals surface area contributed by atoms with Crippen LogP contribution in [-0.4, -0.2) is 66.6 Å². The van der Waals surface area contributed by atoms with Gasteiger partial charge in [-0.2, -0.15) is 0 Å². The Kier molecular flexibility index (Phi) is 6.45. The Morgan fingerprint density at radius 1 is 1.38 bits per heavy atom. The molecule has 7 heteroatoms. The van der Waals surface area contributed by atoms with Crippen LogP contribution in [0.15, 0.2) is 18.2 Å². The van der Waals surface area contributed by atoms with Gasteiger partial charge in [0.15, 0.2) is 0 Å². The number of rotatable bonds is 5. The third kappa shape index (κ3) is 4.61. The number of amides is 1. The van der Waals surface area contributed by atoms with E-state index in [9.17, 15) is 9.59 Å². The van der Waals surface area contributed by atoms with Gasteiger partial charge in [0.05, 0.1) is 19.2 Å². The first-order valence-electron chi connectivity index (χ1n) is 7.97. The molecule has 1 saturated heterocycles. The minimum atomic E-state index is -0.835. The monoisotopic (exact) mass is 354 g/mol. The molecule has 0 bridgehead atoms. The molecule has 1 atom stereocenters. The first kappa shape index (κ1) is 18.5. The minimum absolute atomic E-state index is 0.0146. The quantitative estimate of drug-likeness (QED) is 0.879. The predicted molar refractivity (Wildman–Crippen MR) is 91.8 cm³/mol. The zero-order valence-corrected chi connectivity index (χ0v) is 14.8. The Balaban J connectivity index is 2.07. The summed E-state index contributed by atoms with van der Waals surface area (Å²) in [5.74, 6) is -0.428. The molecule has 1 aliphatic heterocycles. The Hall–Kier alpha value is -1.79. The largest absolute Gasteiger partial charge is 0.496 e. The molecule has 1 unspecified atom stereocenters. The third-order valence-electron chi connectivity index (χ3n) is 4.38. The minimum Gasteiger partial charge on any atom is -0.496 e. The summed E-state index contributed by atoms with van der Waals surface area (Å²) in [5, 5.41) is 9.42. The summed E-state index contributed by atoms with van der Waals surface area (Å²) < 4.78 is 5.27. The highest BCUT2D eigenvalue weighted by atomic mass is 35.5. The molecule has 0 radical (unpaired) electrons. The van der Waals surface area contributed by atoms with Crippen molar-refractivity contribution in [1.29, 1.82) is 0 Å². The Labute approximate surface area is 146 Å². The lowest BCUT2D eigenvalue weighted by molar-refractivity contribution is -0.138. The van der Waals surface area contributed by atoms with Gasteiger partial charge in [-0.15, -0.1) is 0 Å². The number of hydrogen-bond acceptors (Lipinski definition) is 4. The van der Waals surface area contributed by atoms with Crippen molar-refractivity contribution in [2.45, 2.75) is 25.3 Å². The van der Waals surface area contributed by atoms with Gasteiger partial charge in [-0.05, 0) is 44.5 Å². The van der Waals surface area contributed by atoms with Crippen molar-refractivity contribution < 1.29 is 19.4 Å². The molecule has 0 aromatic heterocycles. The van der Waals surface area contributed by atoms with Crippen LogP contribution < -0.4 is 4.74 Å². The summed E-state index contributed by atoms with van der Waals surface area (Å²) in [6, 6.07) is 5.18. The fourth-order valence-electron chi connectivity index (χ4n) is 3.08. The van der Waals surface area contributed by atoms with E-state index < -0.39 is 5.97 Å². The Morgan fingerprint density at radius 3 is 2.79 bits per heavy atom. The molecule has 1 aromatic rings. The van der Waals surface area contributed by atoms with Gasteiger partial charge in [0.25, 0.3) is 5.91 Å². The van der Waals surface area contributed by atoms with Gasteiger partial charge in [-0.3, -0.25) is 14.5 Å². The van der Waals surface area contributed by atoms with Crippen LogP contribution in [0, 0.1) is 0 Å². The van der Waals surface area contributed by atoms with Crippen LogP contribution in [0.5, 0.6) is 5.75 Å². The number of hydrogen-bond donors (Lipinski definition) is 1. The van der Waals surface area contributed by atoms with Gasteiger partial charge < -0.3 is 14.7 Å². The number of nitrogens with zero attached hydrogens (tertiary/aromatic N) is 2. The number of likely N-dealkylation sites (N-methyl/N-ethyl adjacent to an activating group) is 1. The molecule has 1 aliphatic rings. The second-order valence-electron chi connectivity index (χ2n) is 6.03. The molecule has 1 heterocycles. The van der Waals surface area contributed by atoms with Gasteiger partial charge in [-0.25, -0.2) is 0 Å². The number of benzene rings is 1. The number of likely N-dealkylation sites (tertiary alicyclic amines) is 1. The van der Waals surface area contributed by atoms with Crippen molar-refractivity contribution in [3.63, 3.8) is 0 Å². The van der Waals surface area contributed by atoms with Crippen molar-refractivity contribution in [3.8, 4) is 5.75 Å². The van der Waals surface area contributed by atoms with Gasteiger partial charge >= 0.3 is 5.97 Å². The van der Waals surface area contributed by atoms with E-state index in [-0.39, 0.29) is 18.5 Å². The summed E-state index contributed by atoms with van der Waals surface area (Å²) >= 11 is 6.01. The van der Waals surface area contributed by atoms with Crippen LogP contribution in [0.3, 0.4) is 0 Å². The number of carboxylic acid groups (broad SMARTS) is 1. The number of aliphatic carboxylic acids is 1. The van der Waals surface area contributed by atoms with Crippen LogP contribution in [0.4, 0.5) is 0 Å². The topological polar surface area (TPSA) is 70.1 Å². The molecule has 1 amide bonds. The summed E-state index contributed by atoms with van der Waals surface area (Å²) in [4.78, 5) is 27.3. The second-order valence-corrected chi connectivity index (χ2v) is 6.47. The van der Waals surface area contributed by atoms with E-state index in [4.69, 9.17) is 21.4 Å². The van der Waals surface area contributed by atoms with Gasteiger partial charge in [-0.1, -0.05) is 11.6 Å². The maximum atomic E-state index is 12.8. The molecule has 24 heavy (non-hydrogen) atoms. The molecule has 0 saturated carbocycles. The highest BCUT2D eigenvalue weighted by Gasteiger charge is 2.26. The first-order valence-corrected chi connectivity index (χ1v) is 8.35. The van der Waals surface area contributed by atoms with E-state index in [1.54, 1.807) is 23.1 Å². The van der Waals surface area contributed by atoms with Gasteiger partial charge in [0.2, 0.25) is 0 Å². The molecule has 6 nitrogen and oxygen atoms in total. The van der Waals surface area contributed by atoms with E-state index in [1.165, 1.54) is 7.11 Å². The number of carboxylic acids is 1. The highest BCUT2D eigenvalue weighted by Crippen LogP contribution is 2.25. The summed E-state index contributed by atoms with van der Waals surface area (Å²) in [6.45, 7) is 1.25. The average molecular weight is 355 g/mol. The van der Waals surface area contributed by atoms with Crippen molar-refractivity contribution in [2.24, 2.45) is 0 Å². The smallest absolute Gasteiger partial charge is 0.317 e. The number of halogens is 1. The normalized spacial score (nSPS) is 18.3. The highest BCUT2D eigenvalue weighted by molar-refractivity contribution is 6.31. The van der Waals surface area contributed by atoms with E-state index in [1.807, 2.05) is 11.9 Å². The average Bonchev–Trinajstić information content (AvgIpc) is 2.79. The lowest BCUT2D eigenvalue weighted by Gasteiger charge is -2.26. The molecule has 1 fully saturated rings. The van der Waals surface area contributed by atoms with Crippen LogP contribution in [0.2, 0.25) is 5.02 Å². The summed E-state index contributed by atoms with van der Waals surface area (Å²) in [6.07, 6.45) is 2.46. The first-order chi connectivity index (χ1) is 11.4. The van der Waals surface area contributed by atoms with Crippen LogP contribution in [-0.2, 0) is 4.79 Å². The lowest BCUT2D eigenvalue weighted by atomic mass is 10.1. The van der Waals surface area contributed by atoms with Crippen molar-refractivity contribution in [1.82, 2.24) is 9.80 Å². The van der Waals surface area contributed by atoms with Crippen LogP contribution >= 0.6 is 11.6 Å². The Bertz CT molecular complexity index is 608. The Morgan fingerprint density at radius 2 is 2.12 bits per heavy atom. The molecule has 1 aromatic carbocycles. The molecule has 0 aliphatic carbocycles. The van der Waals surface area contributed by atoms with Crippen LogP contribution in [0.25, 0.3) is 0 Å². The number of methoxy groups -OCH3 is 1. The SMILES string of the molecule is COc1ccc(Cl)cc1C(=O)N1CCCC(N(C)CC(=O)O)CC1. The maximum absolute atomic E-state index is 12.8. The molecule has 1 N–H and O–H groups in total. The van der Waals surface area contributed by atoms with Crippen molar-refractivity contribution in [2.75, 3.05) is 33.8 Å². The summed E-state index contributed by atoms with van der Waals surface area (Å²) in [5.41, 5.74) is 0.461. The van der Waals surface area contributed by atoms with Gasteiger partial charge in [0, 0.05) is 24.2 Å².